The predicted octanol–water partition coefficient (Wildman–Crippen LogP) is 3.72. The first-order valence-corrected chi connectivity index (χ1v) is 10.9. The van der Waals surface area contributed by atoms with E-state index in [1.165, 1.54) is 18.3 Å². The fraction of sp³-hybridized carbons (Fsp3) is 0.333. The van der Waals surface area contributed by atoms with Crippen molar-refractivity contribution < 1.29 is 18.3 Å². The van der Waals surface area contributed by atoms with Crippen molar-refractivity contribution in [1.82, 2.24) is 20.1 Å². The minimum Gasteiger partial charge on any atom is -0.437 e. The molecule has 1 aliphatic heterocycles. The normalized spacial score (nSPS) is 18.8. The van der Waals surface area contributed by atoms with Gasteiger partial charge in [0.25, 0.3) is 5.92 Å². The molecule has 2 aromatic heterocycles. The van der Waals surface area contributed by atoms with Crippen LogP contribution in [0.2, 0.25) is 0 Å². The molecule has 1 unspecified atom stereocenters. The molecule has 1 aromatic carbocycles. The maximum Gasteiger partial charge on any atom is 0.257 e. The third kappa shape index (κ3) is 5.28. The monoisotopic (exact) mass is 469 g/mol. The number of likely N-dealkylation sites (tertiary alicyclic amines) is 1. The standard InChI is InChI=1S/C24H25F2N5O3/c1-15-5-3-4-6-19(15)34-22-10-8-20(29-30-22)28-23(33)16(2)31-12-11-24(25,26)18(14-31)17-7-9-21(32)27-13-17/h3-10,13,16,18H,11-12,14H2,1-2H3,(H,27,32)(H,28,29,33)/t16?,18-/m1/s1. The number of carbonyl (C=O) groups is 1. The molecule has 3 aromatic rings. The van der Waals surface area contributed by atoms with Crippen LogP contribution in [0.4, 0.5) is 14.6 Å². The lowest BCUT2D eigenvalue weighted by Crippen LogP contribution is -2.52. The smallest absolute Gasteiger partial charge is 0.257 e. The van der Waals surface area contributed by atoms with Crippen molar-refractivity contribution in [3.05, 3.63) is 76.2 Å². The van der Waals surface area contributed by atoms with Gasteiger partial charge in [-0.25, -0.2) is 8.78 Å². The first-order valence-electron chi connectivity index (χ1n) is 10.9. The Morgan fingerprint density at radius 1 is 1.21 bits per heavy atom. The SMILES string of the molecule is Cc1ccccc1Oc1ccc(NC(=O)C(C)N2CCC(F)(F)[C@@H](c3ccc(=O)[nH]c3)C2)nn1. The zero-order chi connectivity index (χ0) is 24.3. The molecule has 8 nitrogen and oxygen atoms in total. The number of ether oxygens (including phenoxy) is 1. The number of hydrogen-bond donors (Lipinski definition) is 2. The number of hydrogen-bond acceptors (Lipinski definition) is 6. The number of benzene rings is 1. The summed E-state index contributed by atoms with van der Waals surface area (Å²) in [5.41, 5.74) is 0.920. The van der Waals surface area contributed by atoms with E-state index in [4.69, 9.17) is 4.74 Å². The lowest BCUT2D eigenvalue weighted by atomic mass is 9.87. The fourth-order valence-electron chi connectivity index (χ4n) is 3.89. The van der Waals surface area contributed by atoms with Crippen molar-refractivity contribution >= 4 is 11.7 Å². The summed E-state index contributed by atoms with van der Waals surface area (Å²) in [6.07, 6.45) is 0.921. The largest absolute Gasteiger partial charge is 0.437 e. The van der Waals surface area contributed by atoms with Gasteiger partial charge in [0.05, 0.1) is 12.0 Å². The molecule has 1 saturated heterocycles. The van der Waals surface area contributed by atoms with Gasteiger partial charge in [-0.1, -0.05) is 24.3 Å². The highest BCUT2D eigenvalue weighted by Gasteiger charge is 2.46. The molecular formula is C24H25F2N5O3. The van der Waals surface area contributed by atoms with Crippen molar-refractivity contribution in [2.75, 3.05) is 18.4 Å². The van der Waals surface area contributed by atoms with Crippen molar-refractivity contribution in [1.29, 1.82) is 0 Å². The van der Waals surface area contributed by atoms with Gasteiger partial charge in [-0.2, -0.15) is 0 Å². The van der Waals surface area contributed by atoms with Gasteiger partial charge >= 0.3 is 0 Å². The molecule has 1 amide bonds. The van der Waals surface area contributed by atoms with E-state index in [1.807, 2.05) is 31.2 Å². The highest BCUT2D eigenvalue weighted by atomic mass is 19.3. The Labute approximate surface area is 195 Å². The van der Waals surface area contributed by atoms with Crippen molar-refractivity contribution in [2.45, 2.75) is 38.2 Å². The molecule has 0 radical (unpaired) electrons. The average Bonchev–Trinajstić information content (AvgIpc) is 2.82. The number of halogens is 2. The van der Waals surface area contributed by atoms with Crippen molar-refractivity contribution in [3.63, 3.8) is 0 Å². The molecule has 2 N–H and O–H groups in total. The number of pyridine rings is 1. The second-order valence-corrected chi connectivity index (χ2v) is 8.33. The summed E-state index contributed by atoms with van der Waals surface area (Å²) in [6.45, 7) is 3.61. The van der Waals surface area contributed by atoms with Crippen molar-refractivity contribution in [2.24, 2.45) is 0 Å². The lowest BCUT2D eigenvalue weighted by molar-refractivity contribution is -0.125. The Bertz CT molecular complexity index is 1200. The Hall–Kier alpha value is -3.66. The molecule has 4 rings (SSSR count). The van der Waals surface area contributed by atoms with Crippen LogP contribution in [0.5, 0.6) is 11.6 Å². The summed E-state index contributed by atoms with van der Waals surface area (Å²) in [7, 11) is 0. The average molecular weight is 469 g/mol. The highest BCUT2D eigenvalue weighted by molar-refractivity contribution is 5.93. The van der Waals surface area contributed by atoms with Crippen LogP contribution < -0.4 is 15.6 Å². The number of piperidine rings is 1. The minimum atomic E-state index is -2.94. The molecule has 0 bridgehead atoms. The molecule has 178 valence electrons. The van der Waals surface area contributed by atoms with E-state index in [1.54, 1.807) is 24.0 Å². The van der Waals surface area contributed by atoms with Gasteiger partial charge in [-0.15, -0.1) is 10.2 Å². The molecule has 1 aliphatic rings. The van der Waals surface area contributed by atoms with Crippen LogP contribution in [0.25, 0.3) is 0 Å². The van der Waals surface area contributed by atoms with Crippen LogP contribution in [-0.4, -0.2) is 51.0 Å². The summed E-state index contributed by atoms with van der Waals surface area (Å²) >= 11 is 0. The molecule has 3 heterocycles. The predicted molar refractivity (Wildman–Crippen MR) is 122 cm³/mol. The summed E-state index contributed by atoms with van der Waals surface area (Å²) in [6, 6.07) is 12.6. The number of H-pyrrole nitrogens is 1. The molecular weight excluding hydrogens is 444 g/mol. The Balaban J connectivity index is 1.39. The third-order valence-electron chi connectivity index (χ3n) is 6.00. The number of aryl methyl sites for hydroxylation is 1. The first-order chi connectivity index (χ1) is 16.2. The van der Waals surface area contributed by atoms with Gasteiger partial charge in [0.15, 0.2) is 5.82 Å². The molecule has 0 spiro atoms. The zero-order valence-electron chi connectivity index (χ0n) is 18.8. The van der Waals surface area contributed by atoms with E-state index in [-0.39, 0.29) is 42.7 Å². The van der Waals surface area contributed by atoms with Gasteiger partial charge in [-0.3, -0.25) is 14.5 Å². The van der Waals surface area contributed by atoms with Gasteiger partial charge in [0.1, 0.15) is 5.75 Å². The molecule has 1 fully saturated rings. The van der Waals surface area contributed by atoms with E-state index in [9.17, 15) is 18.4 Å². The quantitative estimate of drug-likeness (QED) is 0.571. The summed E-state index contributed by atoms with van der Waals surface area (Å²) in [5.74, 6) is -3.29. The Morgan fingerprint density at radius 2 is 2.00 bits per heavy atom. The van der Waals surface area contributed by atoms with Crippen LogP contribution in [0, 0.1) is 6.92 Å². The van der Waals surface area contributed by atoms with Crippen LogP contribution >= 0.6 is 0 Å². The second-order valence-electron chi connectivity index (χ2n) is 8.33. The number of carbonyl (C=O) groups excluding carboxylic acids is 1. The maximum atomic E-state index is 14.6. The number of rotatable bonds is 6. The number of aromatic amines is 1. The topological polar surface area (TPSA) is 100 Å². The van der Waals surface area contributed by atoms with Gasteiger partial charge in [-0.05, 0) is 37.1 Å². The number of anilines is 1. The second kappa shape index (κ2) is 9.68. The van der Waals surface area contributed by atoms with Crippen LogP contribution in [0.15, 0.2) is 59.5 Å². The van der Waals surface area contributed by atoms with Crippen LogP contribution in [0.1, 0.15) is 30.4 Å². The number of nitrogens with zero attached hydrogens (tertiary/aromatic N) is 3. The third-order valence-corrected chi connectivity index (χ3v) is 6.00. The zero-order valence-corrected chi connectivity index (χ0v) is 18.8. The van der Waals surface area contributed by atoms with Gasteiger partial charge < -0.3 is 15.0 Å². The number of para-hydroxylation sites is 1. The minimum absolute atomic E-state index is 0.0253. The molecule has 0 saturated carbocycles. The summed E-state index contributed by atoms with van der Waals surface area (Å²) < 4.78 is 34.9. The summed E-state index contributed by atoms with van der Waals surface area (Å²) in [5, 5.41) is 10.7. The highest BCUT2D eigenvalue weighted by Crippen LogP contribution is 2.40. The fourth-order valence-corrected chi connectivity index (χ4v) is 3.89. The van der Waals surface area contributed by atoms with Crippen LogP contribution in [-0.2, 0) is 4.79 Å². The van der Waals surface area contributed by atoms with E-state index in [0.29, 0.717) is 11.3 Å². The van der Waals surface area contributed by atoms with E-state index in [0.717, 1.165) is 5.56 Å². The first kappa shape index (κ1) is 23.5. The van der Waals surface area contributed by atoms with E-state index in [2.05, 4.69) is 20.5 Å². The molecule has 2 atom stereocenters. The Morgan fingerprint density at radius 3 is 2.68 bits per heavy atom. The van der Waals surface area contributed by atoms with E-state index < -0.39 is 17.9 Å². The number of nitrogens with one attached hydrogen (secondary N) is 2. The Kier molecular flexibility index (Phi) is 6.69. The van der Waals surface area contributed by atoms with Gasteiger partial charge in [0, 0.05) is 37.8 Å². The van der Waals surface area contributed by atoms with E-state index >= 15 is 0 Å². The maximum absolute atomic E-state index is 14.6. The van der Waals surface area contributed by atoms with Gasteiger partial charge in [0.2, 0.25) is 17.3 Å². The summed E-state index contributed by atoms with van der Waals surface area (Å²) in [4.78, 5) is 28.2. The number of alkyl halides is 2. The molecule has 34 heavy (non-hydrogen) atoms. The van der Waals surface area contributed by atoms with Crippen molar-refractivity contribution in [3.8, 4) is 11.6 Å². The molecule has 10 heteroatoms. The number of aromatic nitrogens is 3. The van der Waals surface area contributed by atoms with Crippen LogP contribution in [0.3, 0.4) is 0 Å². The lowest BCUT2D eigenvalue weighted by Gasteiger charge is -2.40. The number of amides is 1. The molecule has 0 aliphatic carbocycles.